The second-order valence-electron chi connectivity index (χ2n) is 11.8. The quantitative estimate of drug-likeness (QED) is 0.680. The average Bonchev–Trinajstić information content (AvgIpc) is 2.73. The fourth-order valence-electron chi connectivity index (χ4n) is 5.97. The molecule has 0 aromatic carbocycles. The third kappa shape index (κ3) is 4.13. The van der Waals surface area contributed by atoms with Crippen molar-refractivity contribution >= 4 is 12.0 Å². The Bertz CT molecular complexity index is 869. The maximum Gasteiger partial charge on any atom is 0.409 e. The van der Waals surface area contributed by atoms with E-state index in [1.165, 1.54) is 31.3 Å². The highest BCUT2D eigenvalue weighted by Gasteiger charge is 2.51. The molecule has 0 bridgehead atoms. The van der Waals surface area contributed by atoms with E-state index in [1.807, 2.05) is 6.92 Å². The van der Waals surface area contributed by atoms with Crippen LogP contribution >= 0.6 is 0 Å². The highest BCUT2D eigenvalue weighted by Crippen LogP contribution is 2.56. The van der Waals surface area contributed by atoms with Crippen molar-refractivity contribution < 1.29 is 14.3 Å². The number of pyridine rings is 1. The lowest BCUT2D eigenvalue weighted by atomic mass is 9.56. The summed E-state index contributed by atoms with van der Waals surface area (Å²) in [6.07, 6.45) is 5.69. The van der Waals surface area contributed by atoms with E-state index in [4.69, 9.17) is 9.72 Å². The van der Waals surface area contributed by atoms with Crippen molar-refractivity contribution in [3.05, 3.63) is 29.6 Å². The minimum absolute atomic E-state index is 0.0274. The number of rotatable bonds is 3. The summed E-state index contributed by atoms with van der Waals surface area (Å²) in [4.78, 5) is 33.6. The fraction of sp³-hybridized carbons (Fsp3) is 0.731. The van der Waals surface area contributed by atoms with Crippen molar-refractivity contribution in [3.63, 3.8) is 0 Å². The lowest BCUT2D eigenvalue weighted by Gasteiger charge is -2.54. The molecule has 176 valence electrons. The molecule has 2 amide bonds. The number of carbonyl (C=O) groups excluding carboxylic acids is 2. The molecule has 1 spiro atoms. The molecule has 6 heteroatoms. The summed E-state index contributed by atoms with van der Waals surface area (Å²) >= 11 is 0. The van der Waals surface area contributed by atoms with Gasteiger partial charge in [0, 0.05) is 54.3 Å². The van der Waals surface area contributed by atoms with Gasteiger partial charge in [0.1, 0.15) is 0 Å². The smallest absolute Gasteiger partial charge is 0.409 e. The van der Waals surface area contributed by atoms with Gasteiger partial charge in [-0.2, -0.15) is 0 Å². The highest BCUT2D eigenvalue weighted by atomic mass is 16.5. The molecule has 1 aliphatic heterocycles. The Kier molecular flexibility index (Phi) is 5.79. The first-order valence-corrected chi connectivity index (χ1v) is 12.0. The molecule has 3 aliphatic rings. The van der Waals surface area contributed by atoms with Gasteiger partial charge in [0.2, 0.25) is 5.91 Å². The normalized spacial score (nSPS) is 27.4. The van der Waals surface area contributed by atoms with Crippen LogP contribution in [0.5, 0.6) is 0 Å². The van der Waals surface area contributed by atoms with E-state index in [9.17, 15) is 9.59 Å². The van der Waals surface area contributed by atoms with Gasteiger partial charge in [0.25, 0.3) is 0 Å². The third-order valence-corrected chi connectivity index (χ3v) is 8.43. The van der Waals surface area contributed by atoms with Gasteiger partial charge in [-0.1, -0.05) is 26.8 Å². The van der Waals surface area contributed by atoms with E-state index in [1.54, 1.807) is 11.9 Å². The number of ether oxygens (including phenoxy) is 1. The summed E-state index contributed by atoms with van der Waals surface area (Å²) in [7, 11) is 3.16. The van der Waals surface area contributed by atoms with Crippen molar-refractivity contribution in [1.82, 2.24) is 14.8 Å². The lowest BCUT2D eigenvalue weighted by molar-refractivity contribution is -0.147. The summed E-state index contributed by atoms with van der Waals surface area (Å²) < 4.78 is 4.84. The standard InChI is InChI=1S/C26H39N3O3/c1-24(2,3)21-9-7-8-20(27-21)18-16-26(17-18)10-12-29(13-11-26)22(30)19-14-25(4,15-19)28(5)23(31)32-6/h7-9,18-19H,10-17H2,1-6H3/t19-,25+. The van der Waals surface area contributed by atoms with Crippen LogP contribution in [0.3, 0.4) is 0 Å². The minimum Gasteiger partial charge on any atom is -0.453 e. The molecule has 1 saturated heterocycles. The molecule has 1 aromatic heterocycles. The molecule has 1 aromatic rings. The van der Waals surface area contributed by atoms with E-state index in [0.717, 1.165) is 38.8 Å². The zero-order valence-electron chi connectivity index (χ0n) is 20.6. The number of nitrogens with zero attached hydrogens (tertiary/aromatic N) is 3. The number of amides is 2. The molecule has 2 heterocycles. The van der Waals surface area contributed by atoms with Crippen LogP contribution in [0.25, 0.3) is 0 Å². The monoisotopic (exact) mass is 441 g/mol. The third-order valence-electron chi connectivity index (χ3n) is 8.43. The van der Waals surface area contributed by atoms with Crippen molar-refractivity contribution in [2.24, 2.45) is 11.3 Å². The van der Waals surface area contributed by atoms with Crippen LogP contribution in [0.1, 0.15) is 83.5 Å². The predicted molar refractivity (Wildman–Crippen MR) is 124 cm³/mol. The minimum atomic E-state index is -0.333. The Hall–Kier alpha value is -2.11. The Labute approximate surface area is 192 Å². The summed E-state index contributed by atoms with van der Waals surface area (Å²) in [6.45, 7) is 10.4. The van der Waals surface area contributed by atoms with Gasteiger partial charge in [-0.3, -0.25) is 9.78 Å². The SMILES string of the molecule is COC(=O)N(C)[C@]1(C)C[C@H](C(=O)N2CCC3(CC2)CC(c2cccc(C(C)(C)C)n2)C3)C1. The molecule has 2 saturated carbocycles. The molecule has 32 heavy (non-hydrogen) atoms. The van der Waals surface area contributed by atoms with Gasteiger partial charge in [0.05, 0.1) is 7.11 Å². The van der Waals surface area contributed by atoms with E-state index in [2.05, 4.69) is 43.9 Å². The van der Waals surface area contributed by atoms with Gasteiger partial charge in [-0.15, -0.1) is 0 Å². The van der Waals surface area contributed by atoms with Gasteiger partial charge in [-0.25, -0.2) is 4.79 Å². The second kappa shape index (κ2) is 8.03. The molecule has 6 nitrogen and oxygen atoms in total. The van der Waals surface area contributed by atoms with Crippen LogP contribution in [0.2, 0.25) is 0 Å². The number of carbonyl (C=O) groups is 2. The van der Waals surface area contributed by atoms with Gasteiger partial charge >= 0.3 is 6.09 Å². The van der Waals surface area contributed by atoms with Crippen LogP contribution in [-0.4, -0.2) is 59.6 Å². The molecular weight excluding hydrogens is 402 g/mol. The first-order chi connectivity index (χ1) is 15.0. The molecule has 0 radical (unpaired) electrons. The molecule has 4 rings (SSSR count). The van der Waals surface area contributed by atoms with Crippen LogP contribution in [0, 0.1) is 11.3 Å². The highest BCUT2D eigenvalue weighted by molar-refractivity contribution is 5.81. The first-order valence-electron chi connectivity index (χ1n) is 12.0. The fourth-order valence-corrected chi connectivity index (χ4v) is 5.97. The number of piperidine rings is 1. The Morgan fingerprint density at radius 3 is 2.31 bits per heavy atom. The number of aromatic nitrogens is 1. The lowest BCUT2D eigenvalue weighted by Crippen LogP contribution is -2.60. The Morgan fingerprint density at radius 1 is 1.12 bits per heavy atom. The van der Waals surface area contributed by atoms with Gasteiger partial charge in [-0.05, 0) is 63.0 Å². The van der Waals surface area contributed by atoms with Crippen molar-refractivity contribution in [2.75, 3.05) is 27.2 Å². The van der Waals surface area contributed by atoms with Crippen molar-refractivity contribution in [3.8, 4) is 0 Å². The molecule has 0 atom stereocenters. The second-order valence-corrected chi connectivity index (χ2v) is 11.8. The van der Waals surface area contributed by atoms with Crippen LogP contribution in [0.15, 0.2) is 18.2 Å². The number of hydrogen-bond donors (Lipinski definition) is 0. The van der Waals surface area contributed by atoms with Crippen LogP contribution in [-0.2, 0) is 14.9 Å². The topological polar surface area (TPSA) is 62.7 Å². The maximum absolute atomic E-state index is 13.0. The Balaban J connectivity index is 1.27. The number of hydrogen-bond acceptors (Lipinski definition) is 4. The summed E-state index contributed by atoms with van der Waals surface area (Å²) in [5, 5.41) is 0. The maximum atomic E-state index is 13.0. The molecule has 0 N–H and O–H groups in total. The number of likely N-dealkylation sites (tertiary alicyclic amines) is 1. The summed E-state index contributed by atoms with van der Waals surface area (Å²) in [6, 6.07) is 6.47. The van der Waals surface area contributed by atoms with E-state index >= 15 is 0 Å². The first kappa shape index (κ1) is 23.1. The van der Waals surface area contributed by atoms with Crippen LogP contribution in [0.4, 0.5) is 4.79 Å². The predicted octanol–water partition coefficient (Wildman–Crippen LogP) is 4.73. The van der Waals surface area contributed by atoms with E-state index in [-0.39, 0.29) is 28.9 Å². The van der Waals surface area contributed by atoms with Crippen molar-refractivity contribution in [2.45, 2.75) is 83.1 Å². The zero-order valence-corrected chi connectivity index (χ0v) is 20.6. The Morgan fingerprint density at radius 2 is 1.75 bits per heavy atom. The zero-order chi connectivity index (χ0) is 23.3. The molecule has 2 aliphatic carbocycles. The molecule has 0 unspecified atom stereocenters. The van der Waals surface area contributed by atoms with Crippen molar-refractivity contribution in [1.29, 1.82) is 0 Å². The largest absolute Gasteiger partial charge is 0.453 e. The van der Waals surface area contributed by atoms with E-state index in [0.29, 0.717) is 11.3 Å². The van der Waals surface area contributed by atoms with Crippen LogP contribution < -0.4 is 0 Å². The average molecular weight is 442 g/mol. The molecular formula is C26H39N3O3. The van der Waals surface area contributed by atoms with Gasteiger partial charge in [0.15, 0.2) is 0 Å². The number of methoxy groups -OCH3 is 1. The summed E-state index contributed by atoms with van der Waals surface area (Å²) in [5.41, 5.74) is 2.60. The summed E-state index contributed by atoms with van der Waals surface area (Å²) in [5.74, 6) is 0.853. The van der Waals surface area contributed by atoms with Gasteiger partial charge < -0.3 is 14.5 Å². The van der Waals surface area contributed by atoms with E-state index < -0.39 is 0 Å². The molecule has 3 fully saturated rings.